The van der Waals surface area contributed by atoms with Gasteiger partial charge in [-0.3, -0.25) is 0 Å². The van der Waals surface area contributed by atoms with Crippen LogP contribution < -0.4 is 0 Å². The minimum absolute atomic E-state index is 0.505. The van der Waals surface area contributed by atoms with E-state index in [4.69, 9.17) is 0 Å². The van der Waals surface area contributed by atoms with Gasteiger partial charge in [0, 0.05) is 0 Å². The van der Waals surface area contributed by atoms with Crippen LogP contribution in [0.3, 0.4) is 0 Å². The molecule has 2 aliphatic rings. The van der Waals surface area contributed by atoms with Gasteiger partial charge in [-0.2, -0.15) is 5.70 Å². The van der Waals surface area contributed by atoms with Gasteiger partial charge < -0.3 is 5.32 Å². The van der Waals surface area contributed by atoms with Crippen molar-refractivity contribution in [2.75, 3.05) is 7.05 Å². The zero-order chi connectivity index (χ0) is 12.6. The Morgan fingerprint density at radius 2 is 2.06 bits per heavy atom. The van der Waals surface area contributed by atoms with E-state index in [-0.39, 0.29) is 0 Å². The number of hydrogen-bond donors (Lipinski definition) is 0. The molecule has 1 heteroatoms. The van der Waals surface area contributed by atoms with Crippen molar-refractivity contribution in [3.05, 3.63) is 28.7 Å². The summed E-state index contributed by atoms with van der Waals surface area (Å²) in [6, 6.07) is 0. The van der Waals surface area contributed by atoms with Crippen molar-refractivity contribution in [1.82, 2.24) is 0 Å². The van der Waals surface area contributed by atoms with Crippen LogP contribution in [0.5, 0.6) is 0 Å². The fraction of sp³-hybridized carbons (Fsp3) is 0.750. The van der Waals surface area contributed by atoms with Crippen LogP contribution in [0, 0.1) is 17.3 Å². The summed E-state index contributed by atoms with van der Waals surface area (Å²) in [7, 11) is 1.95. The average molecular weight is 232 g/mol. The molecule has 0 heterocycles. The Bertz CT molecular complexity index is 349. The van der Waals surface area contributed by atoms with E-state index in [9.17, 15) is 0 Å². The SMILES string of the molecule is C=C1CCC[C@@]2(C)CC[C@H](C([N-]C)=C(C)C)[C@@H]12. The molecule has 0 aliphatic heterocycles. The molecule has 0 N–H and O–H groups in total. The van der Waals surface area contributed by atoms with Gasteiger partial charge in [0.1, 0.15) is 0 Å². The normalized spacial score (nSPS) is 36.6. The first-order valence-corrected chi connectivity index (χ1v) is 6.94. The van der Waals surface area contributed by atoms with Gasteiger partial charge in [0.2, 0.25) is 0 Å². The Balaban J connectivity index is 2.32. The molecule has 2 saturated carbocycles. The van der Waals surface area contributed by atoms with Crippen LogP contribution in [-0.2, 0) is 0 Å². The molecule has 17 heavy (non-hydrogen) atoms. The molecule has 3 atom stereocenters. The van der Waals surface area contributed by atoms with Crippen molar-refractivity contribution in [3.63, 3.8) is 0 Å². The molecule has 0 spiro atoms. The van der Waals surface area contributed by atoms with Crippen LogP contribution in [0.2, 0.25) is 0 Å². The van der Waals surface area contributed by atoms with Crippen LogP contribution >= 0.6 is 0 Å². The molecule has 0 unspecified atom stereocenters. The minimum Gasteiger partial charge on any atom is -0.690 e. The first-order chi connectivity index (χ1) is 7.99. The lowest BCUT2D eigenvalue weighted by atomic mass is 9.65. The van der Waals surface area contributed by atoms with E-state index in [2.05, 4.69) is 32.7 Å². The van der Waals surface area contributed by atoms with Crippen molar-refractivity contribution in [2.24, 2.45) is 17.3 Å². The topological polar surface area (TPSA) is 14.1 Å². The van der Waals surface area contributed by atoms with Gasteiger partial charge in [0.25, 0.3) is 0 Å². The summed E-state index contributed by atoms with van der Waals surface area (Å²) in [6.45, 7) is 11.2. The molecule has 0 aromatic carbocycles. The van der Waals surface area contributed by atoms with Gasteiger partial charge in [-0.15, -0.1) is 7.05 Å². The van der Waals surface area contributed by atoms with E-state index in [1.54, 1.807) is 0 Å². The maximum Gasteiger partial charge on any atom is -0.0101 e. The zero-order valence-corrected chi connectivity index (χ0v) is 11.8. The smallest absolute Gasteiger partial charge is 0.0101 e. The summed E-state index contributed by atoms with van der Waals surface area (Å²) in [5.41, 5.74) is 4.73. The molecule has 0 bridgehead atoms. The second-order valence-electron chi connectivity index (χ2n) is 6.40. The largest absolute Gasteiger partial charge is 0.690 e. The maximum absolute atomic E-state index is 4.56. The summed E-state index contributed by atoms with van der Waals surface area (Å²) >= 11 is 0. The molecule has 0 radical (unpaired) electrons. The Hall–Kier alpha value is -0.720. The van der Waals surface area contributed by atoms with Gasteiger partial charge in [0.05, 0.1) is 0 Å². The molecule has 2 fully saturated rings. The van der Waals surface area contributed by atoms with Crippen molar-refractivity contribution in [1.29, 1.82) is 0 Å². The first kappa shape index (κ1) is 12.7. The molecular weight excluding hydrogens is 206 g/mol. The highest BCUT2D eigenvalue weighted by atomic mass is 14.9. The molecule has 0 aromatic rings. The van der Waals surface area contributed by atoms with Crippen LogP contribution in [0.25, 0.3) is 5.32 Å². The van der Waals surface area contributed by atoms with Gasteiger partial charge in [0.15, 0.2) is 0 Å². The average Bonchev–Trinajstić information content (AvgIpc) is 2.58. The van der Waals surface area contributed by atoms with Crippen LogP contribution in [0.4, 0.5) is 0 Å². The molecule has 1 nitrogen and oxygen atoms in total. The van der Waals surface area contributed by atoms with E-state index >= 15 is 0 Å². The van der Waals surface area contributed by atoms with Crippen LogP contribution in [-0.4, -0.2) is 7.05 Å². The van der Waals surface area contributed by atoms with Crippen molar-refractivity contribution < 1.29 is 0 Å². The standard InChI is InChI=1S/C16H26N/c1-11(2)15(17-5)13-8-10-16(4)9-6-7-12(3)14(13)16/h13-14H,3,6-10H2,1-2,4-5H3/q-1/t13-,14+,16-/m0/s1. The third-order valence-corrected chi connectivity index (χ3v) is 4.97. The van der Waals surface area contributed by atoms with Crippen molar-refractivity contribution in [3.8, 4) is 0 Å². The lowest BCUT2D eigenvalue weighted by molar-refractivity contribution is 0.185. The van der Waals surface area contributed by atoms with Crippen molar-refractivity contribution in [2.45, 2.75) is 52.9 Å². The number of rotatable bonds is 2. The summed E-state index contributed by atoms with van der Waals surface area (Å²) in [5, 5.41) is 4.56. The fourth-order valence-corrected chi connectivity index (χ4v) is 4.28. The Labute approximate surface area is 106 Å². The third kappa shape index (κ3) is 2.05. The molecular formula is C16H26N-. The molecule has 0 amide bonds. The van der Waals surface area contributed by atoms with E-state index in [1.807, 2.05) is 7.05 Å². The zero-order valence-electron chi connectivity index (χ0n) is 11.8. The highest BCUT2D eigenvalue weighted by molar-refractivity contribution is 5.31. The van der Waals surface area contributed by atoms with Gasteiger partial charge in [-0.25, -0.2) is 0 Å². The Kier molecular flexibility index (Phi) is 3.38. The summed E-state index contributed by atoms with van der Waals surface area (Å²) < 4.78 is 0. The molecule has 96 valence electrons. The summed E-state index contributed by atoms with van der Waals surface area (Å²) in [4.78, 5) is 0. The Morgan fingerprint density at radius 1 is 1.35 bits per heavy atom. The quantitative estimate of drug-likeness (QED) is 0.591. The lowest BCUT2D eigenvalue weighted by Crippen LogP contribution is -2.31. The number of hydrogen-bond acceptors (Lipinski definition) is 0. The number of nitrogens with zero attached hydrogens (tertiary/aromatic N) is 1. The third-order valence-electron chi connectivity index (χ3n) is 4.97. The maximum atomic E-state index is 4.56. The van der Waals surface area contributed by atoms with E-state index in [1.165, 1.54) is 48.9 Å². The molecule has 2 aliphatic carbocycles. The monoisotopic (exact) mass is 232 g/mol. The highest BCUT2D eigenvalue weighted by Gasteiger charge is 2.47. The van der Waals surface area contributed by atoms with E-state index in [0.717, 1.165) is 0 Å². The highest BCUT2D eigenvalue weighted by Crippen LogP contribution is 2.58. The van der Waals surface area contributed by atoms with Gasteiger partial charge in [-0.1, -0.05) is 24.6 Å². The Morgan fingerprint density at radius 3 is 2.65 bits per heavy atom. The predicted molar refractivity (Wildman–Crippen MR) is 75.0 cm³/mol. The summed E-state index contributed by atoms with van der Waals surface area (Å²) in [6.07, 6.45) is 6.61. The molecule has 0 aromatic heterocycles. The number of fused-ring (bicyclic) bond motifs is 1. The van der Waals surface area contributed by atoms with Crippen LogP contribution in [0.1, 0.15) is 52.9 Å². The second kappa shape index (κ2) is 4.51. The van der Waals surface area contributed by atoms with E-state index in [0.29, 0.717) is 17.3 Å². The predicted octanol–water partition coefficient (Wildman–Crippen LogP) is 5.06. The van der Waals surface area contributed by atoms with E-state index < -0.39 is 0 Å². The number of allylic oxidation sites excluding steroid dienone is 3. The van der Waals surface area contributed by atoms with Crippen LogP contribution in [0.15, 0.2) is 23.4 Å². The fourth-order valence-electron chi connectivity index (χ4n) is 4.28. The van der Waals surface area contributed by atoms with Gasteiger partial charge >= 0.3 is 0 Å². The minimum atomic E-state index is 0.505. The lowest BCUT2D eigenvalue weighted by Gasteiger charge is -2.43. The van der Waals surface area contributed by atoms with Gasteiger partial charge in [-0.05, 0) is 63.2 Å². The summed E-state index contributed by atoms with van der Waals surface area (Å²) in [5.74, 6) is 1.33. The van der Waals surface area contributed by atoms with Crippen molar-refractivity contribution >= 4 is 0 Å². The second-order valence-corrected chi connectivity index (χ2v) is 6.40. The molecule has 2 rings (SSSR count). The molecule has 0 saturated heterocycles. The first-order valence-electron chi connectivity index (χ1n) is 6.94.